The lowest BCUT2D eigenvalue weighted by Crippen LogP contribution is -2.32. The van der Waals surface area contributed by atoms with Crippen LogP contribution in [0.1, 0.15) is 20.3 Å². The standard InChI is InChI=1S/C12H15ClN4/c1-12(2,7-8-13)15-11-14-9-5-3-4-6-10(9)16-17-11/h3-6H,7-8H2,1-2H3,(H,14,15,17). The Bertz CT molecular complexity index is 513. The molecule has 5 heteroatoms. The van der Waals surface area contributed by atoms with Crippen molar-refractivity contribution in [3.05, 3.63) is 24.3 Å². The second-order valence-electron chi connectivity index (χ2n) is 4.57. The predicted octanol–water partition coefficient (Wildman–Crippen LogP) is 2.84. The van der Waals surface area contributed by atoms with Crippen molar-refractivity contribution in [1.29, 1.82) is 0 Å². The highest BCUT2D eigenvalue weighted by Crippen LogP contribution is 2.16. The summed E-state index contributed by atoms with van der Waals surface area (Å²) in [7, 11) is 0. The minimum absolute atomic E-state index is 0.133. The van der Waals surface area contributed by atoms with Crippen molar-refractivity contribution >= 4 is 28.6 Å². The molecule has 1 aromatic heterocycles. The predicted molar refractivity (Wildman–Crippen MR) is 70.4 cm³/mol. The van der Waals surface area contributed by atoms with E-state index in [2.05, 4.69) is 34.3 Å². The molecule has 0 aliphatic carbocycles. The zero-order valence-corrected chi connectivity index (χ0v) is 10.7. The summed E-state index contributed by atoms with van der Waals surface area (Å²) in [5, 5.41) is 11.4. The van der Waals surface area contributed by atoms with Crippen molar-refractivity contribution in [2.45, 2.75) is 25.8 Å². The molecule has 0 aliphatic rings. The number of nitrogens with zero attached hydrogens (tertiary/aromatic N) is 3. The van der Waals surface area contributed by atoms with Crippen molar-refractivity contribution in [1.82, 2.24) is 15.2 Å². The molecule has 0 fully saturated rings. The summed E-state index contributed by atoms with van der Waals surface area (Å²) in [6.07, 6.45) is 0.838. The van der Waals surface area contributed by atoms with E-state index in [9.17, 15) is 0 Å². The molecule has 0 radical (unpaired) electrons. The summed E-state index contributed by atoms with van der Waals surface area (Å²) < 4.78 is 0. The summed E-state index contributed by atoms with van der Waals surface area (Å²) >= 11 is 5.75. The van der Waals surface area contributed by atoms with Crippen molar-refractivity contribution < 1.29 is 0 Å². The van der Waals surface area contributed by atoms with Gasteiger partial charge < -0.3 is 5.32 Å². The van der Waals surface area contributed by atoms with E-state index < -0.39 is 0 Å². The Morgan fingerprint density at radius 2 is 1.88 bits per heavy atom. The minimum atomic E-state index is -0.133. The van der Waals surface area contributed by atoms with Crippen molar-refractivity contribution in [3.8, 4) is 0 Å². The Kier molecular flexibility index (Phi) is 3.43. The molecule has 0 bridgehead atoms. The van der Waals surface area contributed by atoms with Crippen LogP contribution in [0.25, 0.3) is 11.0 Å². The molecule has 4 nitrogen and oxygen atoms in total. The third kappa shape index (κ3) is 3.03. The van der Waals surface area contributed by atoms with E-state index in [1.807, 2.05) is 24.3 Å². The number of aromatic nitrogens is 3. The molecule has 1 heterocycles. The van der Waals surface area contributed by atoms with Crippen molar-refractivity contribution in [2.24, 2.45) is 0 Å². The summed E-state index contributed by atoms with van der Waals surface area (Å²) in [5.41, 5.74) is 1.51. The Hall–Kier alpha value is -1.42. The van der Waals surface area contributed by atoms with Crippen LogP contribution in [0.5, 0.6) is 0 Å². The topological polar surface area (TPSA) is 50.7 Å². The largest absolute Gasteiger partial charge is 0.348 e. The molecule has 90 valence electrons. The van der Waals surface area contributed by atoms with Gasteiger partial charge in [-0.1, -0.05) is 12.1 Å². The van der Waals surface area contributed by atoms with Crippen LogP contribution in [-0.4, -0.2) is 26.6 Å². The van der Waals surface area contributed by atoms with Gasteiger partial charge in [-0.05, 0) is 32.4 Å². The van der Waals surface area contributed by atoms with Gasteiger partial charge in [-0.2, -0.15) is 0 Å². The maximum atomic E-state index is 5.75. The first-order chi connectivity index (χ1) is 8.11. The van der Waals surface area contributed by atoms with Gasteiger partial charge in [0.1, 0.15) is 5.52 Å². The summed E-state index contributed by atoms with van der Waals surface area (Å²) in [6, 6.07) is 7.67. The number of para-hydroxylation sites is 1. The van der Waals surface area contributed by atoms with Gasteiger partial charge >= 0.3 is 0 Å². The molecule has 0 unspecified atom stereocenters. The number of fused-ring (bicyclic) bond motifs is 1. The molecule has 0 spiro atoms. The van der Waals surface area contributed by atoms with Crippen molar-refractivity contribution in [3.63, 3.8) is 0 Å². The fourth-order valence-electron chi connectivity index (χ4n) is 1.54. The lowest BCUT2D eigenvalue weighted by molar-refractivity contribution is 0.544. The van der Waals surface area contributed by atoms with Crippen LogP contribution in [0.4, 0.5) is 5.95 Å². The van der Waals surface area contributed by atoms with Gasteiger partial charge in [0.2, 0.25) is 5.95 Å². The number of anilines is 1. The number of hydrogen-bond acceptors (Lipinski definition) is 4. The number of rotatable bonds is 4. The molecule has 17 heavy (non-hydrogen) atoms. The number of alkyl halides is 1. The lowest BCUT2D eigenvalue weighted by atomic mass is 10.0. The monoisotopic (exact) mass is 250 g/mol. The van der Waals surface area contributed by atoms with Crippen LogP contribution in [0, 0.1) is 0 Å². The van der Waals surface area contributed by atoms with Crippen LogP contribution in [0.15, 0.2) is 24.3 Å². The maximum Gasteiger partial charge on any atom is 0.243 e. The van der Waals surface area contributed by atoms with Gasteiger partial charge in [-0.15, -0.1) is 21.8 Å². The molecule has 2 aromatic rings. The Balaban J connectivity index is 2.25. The number of halogens is 1. The van der Waals surface area contributed by atoms with E-state index >= 15 is 0 Å². The van der Waals surface area contributed by atoms with Gasteiger partial charge in [0.25, 0.3) is 0 Å². The first-order valence-electron chi connectivity index (χ1n) is 5.54. The highest BCUT2D eigenvalue weighted by molar-refractivity contribution is 6.17. The SMILES string of the molecule is CC(C)(CCCl)Nc1nnc2ccccc2n1. The summed E-state index contributed by atoms with van der Waals surface area (Å²) in [5.74, 6) is 1.14. The summed E-state index contributed by atoms with van der Waals surface area (Å²) in [4.78, 5) is 4.41. The van der Waals surface area contributed by atoms with E-state index in [-0.39, 0.29) is 5.54 Å². The molecular weight excluding hydrogens is 236 g/mol. The third-order valence-corrected chi connectivity index (χ3v) is 2.72. The quantitative estimate of drug-likeness (QED) is 0.848. The van der Waals surface area contributed by atoms with Crippen LogP contribution in [0.3, 0.4) is 0 Å². The van der Waals surface area contributed by atoms with Gasteiger partial charge in [-0.3, -0.25) is 0 Å². The normalized spacial score (nSPS) is 11.7. The van der Waals surface area contributed by atoms with E-state index in [1.165, 1.54) is 0 Å². The van der Waals surface area contributed by atoms with E-state index in [0.717, 1.165) is 17.5 Å². The molecule has 0 aliphatic heterocycles. The first-order valence-corrected chi connectivity index (χ1v) is 6.08. The van der Waals surface area contributed by atoms with E-state index in [4.69, 9.17) is 11.6 Å². The molecule has 0 amide bonds. The maximum absolute atomic E-state index is 5.75. The smallest absolute Gasteiger partial charge is 0.243 e. The Morgan fingerprint density at radius 1 is 1.18 bits per heavy atom. The number of hydrogen-bond donors (Lipinski definition) is 1. The molecule has 1 aromatic carbocycles. The molecule has 0 atom stereocenters. The first kappa shape index (κ1) is 12.0. The highest BCUT2D eigenvalue weighted by atomic mass is 35.5. The summed E-state index contributed by atoms with van der Waals surface area (Å²) in [6.45, 7) is 4.13. The number of benzene rings is 1. The van der Waals surface area contributed by atoms with E-state index in [1.54, 1.807) is 0 Å². The van der Waals surface area contributed by atoms with Crippen LogP contribution in [0.2, 0.25) is 0 Å². The van der Waals surface area contributed by atoms with Crippen LogP contribution < -0.4 is 5.32 Å². The zero-order chi connectivity index (χ0) is 12.3. The molecule has 0 saturated heterocycles. The highest BCUT2D eigenvalue weighted by Gasteiger charge is 2.18. The van der Waals surface area contributed by atoms with Crippen LogP contribution >= 0.6 is 11.6 Å². The lowest BCUT2D eigenvalue weighted by Gasteiger charge is -2.24. The fourth-order valence-corrected chi connectivity index (χ4v) is 2.01. The van der Waals surface area contributed by atoms with Crippen molar-refractivity contribution in [2.75, 3.05) is 11.2 Å². The Labute approximate surface area is 105 Å². The van der Waals surface area contributed by atoms with Gasteiger partial charge in [-0.25, -0.2) is 4.98 Å². The third-order valence-electron chi connectivity index (χ3n) is 2.53. The van der Waals surface area contributed by atoms with Gasteiger partial charge in [0.15, 0.2) is 0 Å². The molecule has 1 N–H and O–H groups in total. The average Bonchev–Trinajstić information content (AvgIpc) is 2.28. The van der Waals surface area contributed by atoms with E-state index in [0.29, 0.717) is 11.8 Å². The average molecular weight is 251 g/mol. The fraction of sp³-hybridized carbons (Fsp3) is 0.417. The Morgan fingerprint density at radius 3 is 2.59 bits per heavy atom. The second kappa shape index (κ2) is 4.84. The number of nitrogens with one attached hydrogen (secondary N) is 1. The molecular formula is C12H15ClN4. The second-order valence-corrected chi connectivity index (χ2v) is 4.95. The molecule has 0 saturated carbocycles. The van der Waals surface area contributed by atoms with Crippen LogP contribution in [-0.2, 0) is 0 Å². The van der Waals surface area contributed by atoms with Gasteiger partial charge in [0.05, 0.1) is 5.52 Å². The molecule has 2 rings (SSSR count). The minimum Gasteiger partial charge on any atom is -0.348 e. The zero-order valence-electron chi connectivity index (χ0n) is 9.94. The van der Waals surface area contributed by atoms with Gasteiger partial charge in [0, 0.05) is 11.4 Å².